The van der Waals surface area contributed by atoms with Crippen LogP contribution < -0.4 is 20.6 Å². The lowest BCUT2D eigenvalue weighted by molar-refractivity contribution is 0.299. The molecule has 3 aromatic rings. The van der Waals surface area contributed by atoms with Gasteiger partial charge in [-0.25, -0.2) is 4.79 Å². The first kappa shape index (κ1) is 16.6. The molecule has 3 heterocycles. The Hall–Kier alpha value is -2.86. The predicted octanol–water partition coefficient (Wildman–Crippen LogP) is 2.49. The van der Waals surface area contributed by atoms with Crippen LogP contribution in [0.4, 0.5) is 5.69 Å². The highest BCUT2D eigenvalue weighted by molar-refractivity contribution is 5.93. The molecule has 0 amide bonds. The van der Waals surface area contributed by atoms with E-state index in [0.29, 0.717) is 17.9 Å². The molecule has 6 nitrogen and oxygen atoms in total. The van der Waals surface area contributed by atoms with E-state index in [1.807, 2.05) is 37.3 Å². The smallest absolute Gasteiger partial charge is 0.338 e. The molecule has 0 aliphatic carbocycles. The highest BCUT2D eigenvalue weighted by atomic mass is 16.5. The number of piperazine rings is 1. The third-order valence-electron chi connectivity index (χ3n) is 4.65. The minimum atomic E-state index is -0.337. The van der Waals surface area contributed by atoms with E-state index in [9.17, 15) is 4.79 Å². The molecule has 4 rings (SSSR count). The summed E-state index contributed by atoms with van der Waals surface area (Å²) in [6, 6.07) is 11.2. The number of hydrogen-bond donors (Lipinski definition) is 1. The molecular formula is C20H21N3O3. The van der Waals surface area contributed by atoms with Crippen molar-refractivity contribution in [2.24, 2.45) is 0 Å². The third kappa shape index (κ3) is 3.28. The topological polar surface area (TPSA) is 67.6 Å². The minimum Gasteiger partial charge on any atom is -0.487 e. The summed E-state index contributed by atoms with van der Waals surface area (Å²) >= 11 is 0. The number of benzene rings is 1. The van der Waals surface area contributed by atoms with Crippen molar-refractivity contribution in [3.63, 3.8) is 0 Å². The summed E-state index contributed by atoms with van der Waals surface area (Å²) in [6.07, 6.45) is 1.74. The fourth-order valence-corrected chi connectivity index (χ4v) is 3.29. The van der Waals surface area contributed by atoms with Crippen LogP contribution in [0.5, 0.6) is 5.75 Å². The van der Waals surface area contributed by atoms with E-state index in [1.165, 1.54) is 0 Å². The molecule has 0 spiro atoms. The summed E-state index contributed by atoms with van der Waals surface area (Å²) in [5.41, 5.74) is 2.85. The van der Waals surface area contributed by atoms with Crippen LogP contribution >= 0.6 is 0 Å². The lowest BCUT2D eigenvalue weighted by Gasteiger charge is -2.30. The maximum absolute atomic E-state index is 12.1. The number of aryl methyl sites for hydroxylation is 1. The van der Waals surface area contributed by atoms with Crippen LogP contribution in [0.3, 0.4) is 0 Å². The fourth-order valence-electron chi connectivity index (χ4n) is 3.29. The first-order valence-corrected chi connectivity index (χ1v) is 8.78. The van der Waals surface area contributed by atoms with Crippen molar-refractivity contribution in [1.82, 2.24) is 10.3 Å². The van der Waals surface area contributed by atoms with E-state index in [-0.39, 0.29) is 5.63 Å². The second kappa shape index (κ2) is 7.17. The van der Waals surface area contributed by atoms with Crippen LogP contribution in [0.25, 0.3) is 11.0 Å². The van der Waals surface area contributed by atoms with Gasteiger partial charge in [0.1, 0.15) is 17.9 Å². The average molecular weight is 351 g/mol. The van der Waals surface area contributed by atoms with Crippen molar-refractivity contribution in [2.75, 3.05) is 31.1 Å². The van der Waals surface area contributed by atoms with Gasteiger partial charge in [-0.1, -0.05) is 6.07 Å². The second-order valence-electron chi connectivity index (χ2n) is 6.36. The summed E-state index contributed by atoms with van der Waals surface area (Å²) < 4.78 is 11.4. The van der Waals surface area contributed by atoms with Gasteiger partial charge < -0.3 is 19.4 Å². The summed E-state index contributed by atoms with van der Waals surface area (Å²) in [5, 5.41) is 4.27. The molecule has 1 fully saturated rings. The van der Waals surface area contributed by atoms with E-state index in [4.69, 9.17) is 9.15 Å². The van der Waals surface area contributed by atoms with Crippen LogP contribution in [0.1, 0.15) is 11.3 Å². The van der Waals surface area contributed by atoms with E-state index >= 15 is 0 Å². The molecule has 1 aliphatic rings. The first-order chi connectivity index (χ1) is 12.7. The molecule has 0 atom stereocenters. The molecule has 0 unspecified atom stereocenters. The largest absolute Gasteiger partial charge is 0.487 e. The van der Waals surface area contributed by atoms with Gasteiger partial charge in [0, 0.05) is 49.4 Å². The Labute approximate surface area is 151 Å². The van der Waals surface area contributed by atoms with Crippen LogP contribution in [-0.2, 0) is 6.61 Å². The number of nitrogens with zero attached hydrogens (tertiary/aromatic N) is 2. The molecule has 0 bridgehead atoms. The lowest BCUT2D eigenvalue weighted by Crippen LogP contribution is -2.43. The quantitative estimate of drug-likeness (QED) is 0.729. The highest BCUT2D eigenvalue weighted by Gasteiger charge is 2.18. The molecule has 134 valence electrons. The van der Waals surface area contributed by atoms with Gasteiger partial charge in [-0.05, 0) is 31.2 Å². The highest BCUT2D eigenvalue weighted by Crippen LogP contribution is 2.32. The minimum absolute atomic E-state index is 0.337. The Balaban J connectivity index is 1.69. The van der Waals surface area contributed by atoms with Gasteiger partial charge in [0.2, 0.25) is 0 Å². The Kier molecular flexibility index (Phi) is 4.58. The number of nitrogens with one attached hydrogen (secondary N) is 1. The number of rotatable bonds is 4. The van der Waals surface area contributed by atoms with Gasteiger partial charge in [0.15, 0.2) is 0 Å². The maximum Gasteiger partial charge on any atom is 0.338 e. The van der Waals surface area contributed by atoms with Crippen LogP contribution in [0.15, 0.2) is 51.8 Å². The molecule has 2 aromatic heterocycles. The maximum atomic E-state index is 12.1. The standard InChI is InChI=1S/C20H21N3O3/c1-14-18(25-13-15-4-2-3-7-22-15)6-5-16-17(12-19(24)26-20(14)16)23-10-8-21-9-11-23/h2-7,12,21H,8-11,13H2,1H3. The number of aromatic nitrogens is 1. The molecule has 1 N–H and O–H groups in total. The van der Waals surface area contributed by atoms with Crippen molar-refractivity contribution >= 4 is 16.7 Å². The molecule has 26 heavy (non-hydrogen) atoms. The molecule has 0 saturated carbocycles. The van der Waals surface area contributed by atoms with Crippen molar-refractivity contribution < 1.29 is 9.15 Å². The number of pyridine rings is 1. The van der Waals surface area contributed by atoms with E-state index in [2.05, 4.69) is 15.2 Å². The molecule has 1 saturated heterocycles. The summed E-state index contributed by atoms with van der Waals surface area (Å²) in [5.74, 6) is 0.698. The average Bonchev–Trinajstić information content (AvgIpc) is 2.69. The van der Waals surface area contributed by atoms with Gasteiger partial charge in [0.25, 0.3) is 0 Å². The van der Waals surface area contributed by atoms with Crippen molar-refractivity contribution in [3.05, 3.63) is 64.3 Å². The van der Waals surface area contributed by atoms with Crippen LogP contribution in [0, 0.1) is 6.92 Å². The Morgan fingerprint density at radius 2 is 2.08 bits per heavy atom. The van der Waals surface area contributed by atoms with Crippen LogP contribution in [-0.4, -0.2) is 31.2 Å². The lowest BCUT2D eigenvalue weighted by atomic mass is 10.1. The normalized spacial score (nSPS) is 14.6. The predicted molar refractivity (Wildman–Crippen MR) is 101 cm³/mol. The second-order valence-corrected chi connectivity index (χ2v) is 6.36. The van der Waals surface area contributed by atoms with Crippen molar-refractivity contribution in [3.8, 4) is 5.75 Å². The summed E-state index contributed by atoms with van der Waals surface area (Å²) in [4.78, 5) is 18.6. The monoisotopic (exact) mass is 351 g/mol. The zero-order valence-corrected chi connectivity index (χ0v) is 14.7. The molecule has 0 radical (unpaired) electrons. The number of fused-ring (bicyclic) bond motifs is 1. The molecule has 1 aromatic carbocycles. The van der Waals surface area contributed by atoms with Gasteiger partial charge >= 0.3 is 5.63 Å². The van der Waals surface area contributed by atoms with Gasteiger partial charge in [-0.3, -0.25) is 4.98 Å². The summed E-state index contributed by atoms with van der Waals surface area (Å²) in [7, 11) is 0. The number of ether oxygens (including phenoxy) is 1. The summed E-state index contributed by atoms with van der Waals surface area (Å²) in [6.45, 7) is 5.85. The zero-order valence-electron chi connectivity index (χ0n) is 14.7. The number of hydrogen-bond acceptors (Lipinski definition) is 6. The van der Waals surface area contributed by atoms with Gasteiger partial charge in [-0.15, -0.1) is 0 Å². The fraction of sp³-hybridized carbons (Fsp3) is 0.300. The van der Waals surface area contributed by atoms with Crippen LogP contribution in [0.2, 0.25) is 0 Å². The Morgan fingerprint density at radius 3 is 2.85 bits per heavy atom. The van der Waals surface area contributed by atoms with Gasteiger partial charge in [0.05, 0.1) is 11.4 Å². The Bertz CT molecular complexity index is 963. The Morgan fingerprint density at radius 1 is 1.23 bits per heavy atom. The molecule has 1 aliphatic heterocycles. The molecule has 6 heteroatoms. The van der Waals surface area contributed by atoms with E-state index in [0.717, 1.165) is 48.5 Å². The molecular weight excluding hydrogens is 330 g/mol. The zero-order chi connectivity index (χ0) is 17.9. The van der Waals surface area contributed by atoms with Gasteiger partial charge in [-0.2, -0.15) is 0 Å². The first-order valence-electron chi connectivity index (χ1n) is 8.78. The van der Waals surface area contributed by atoms with E-state index in [1.54, 1.807) is 12.3 Å². The SMILES string of the molecule is Cc1c(OCc2ccccn2)ccc2c(N3CCNCC3)cc(=O)oc12. The van der Waals surface area contributed by atoms with Crippen molar-refractivity contribution in [2.45, 2.75) is 13.5 Å². The van der Waals surface area contributed by atoms with E-state index < -0.39 is 0 Å². The van der Waals surface area contributed by atoms with Crippen molar-refractivity contribution in [1.29, 1.82) is 0 Å². The number of anilines is 1. The third-order valence-corrected chi connectivity index (χ3v) is 4.65.